The Morgan fingerprint density at radius 2 is 2.15 bits per heavy atom. The van der Waals surface area contributed by atoms with Crippen molar-refractivity contribution in [2.75, 3.05) is 6.61 Å². The summed E-state index contributed by atoms with van der Waals surface area (Å²) < 4.78 is 25.6. The number of halogens is 2. The summed E-state index contributed by atoms with van der Waals surface area (Å²) in [5, 5.41) is 3.65. The van der Waals surface area contributed by atoms with E-state index in [9.17, 15) is 8.78 Å². The van der Waals surface area contributed by atoms with Crippen LogP contribution < -0.4 is 0 Å². The fourth-order valence-electron chi connectivity index (χ4n) is 1.22. The molecule has 0 aliphatic carbocycles. The lowest BCUT2D eigenvalue weighted by Crippen LogP contribution is -2.01. The second-order valence-electron chi connectivity index (χ2n) is 2.75. The third-order valence-corrected chi connectivity index (χ3v) is 1.85. The van der Waals surface area contributed by atoms with Crippen molar-refractivity contribution in [2.45, 2.75) is 6.42 Å². The molecule has 4 heteroatoms. The van der Waals surface area contributed by atoms with E-state index in [-0.39, 0.29) is 0 Å². The summed E-state index contributed by atoms with van der Waals surface area (Å²) in [5.74, 6) is -1.18. The van der Waals surface area contributed by atoms with Gasteiger partial charge in [0, 0.05) is 18.1 Å². The van der Waals surface area contributed by atoms with Crippen molar-refractivity contribution in [1.82, 2.24) is 0 Å². The molecule has 1 aromatic carbocycles. The average Bonchev–Trinajstić information content (AvgIpc) is 2.56. The first-order valence-electron chi connectivity index (χ1n) is 3.91. The van der Waals surface area contributed by atoms with Crippen LogP contribution in [-0.2, 0) is 4.84 Å². The van der Waals surface area contributed by atoms with Crippen molar-refractivity contribution < 1.29 is 13.6 Å². The minimum Gasteiger partial charge on any atom is -0.395 e. The van der Waals surface area contributed by atoms with Gasteiger partial charge in [0.2, 0.25) is 0 Å². The lowest BCUT2D eigenvalue weighted by molar-refractivity contribution is 0.174. The van der Waals surface area contributed by atoms with Crippen LogP contribution in [0.3, 0.4) is 0 Å². The van der Waals surface area contributed by atoms with Crippen LogP contribution in [0.1, 0.15) is 12.0 Å². The molecule has 0 amide bonds. The van der Waals surface area contributed by atoms with Gasteiger partial charge in [-0.25, -0.2) is 8.78 Å². The Morgan fingerprint density at radius 3 is 2.77 bits per heavy atom. The van der Waals surface area contributed by atoms with Crippen molar-refractivity contribution in [2.24, 2.45) is 5.16 Å². The van der Waals surface area contributed by atoms with Crippen LogP contribution in [0.2, 0.25) is 0 Å². The zero-order valence-electron chi connectivity index (χ0n) is 6.76. The van der Waals surface area contributed by atoms with Gasteiger partial charge in [0.05, 0.1) is 5.71 Å². The molecule has 0 spiro atoms. The quantitative estimate of drug-likeness (QED) is 0.653. The first kappa shape index (κ1) is 8.16. The van der Waals surface area contributed by atoms with Crippen molar-refractivity contribution in [1.29, 1.82) is 0 Å². The Labute approximate surface area is 73.8 Å². The standard InChI is InChI=1S/C9H7F2NO/c10-6-1-2-7(8(11)5-6)9-3-4-13-12-9/h1-2,5H,3-4H2. The molecule has 1 aliphatic rings. The molecule has 0 radical (unpaired) electrons. The molecule has 0 aromatic heterocycles. The van der Waals surface area contributed by atoms with Gasteiger partial charge in [-0.1, -0.05) is 5.16 Å². The lowest BCUT2D eigenvalue weighted by atomic mass is 10.1. The molecule has 0 unspecified atom stereocenters. The largest absolute Gasteiger partial charge is 0.395 e. The molecular formula is C9H7F2NO. The number of oxime groups is 1. The first-order valence-corrected chi connectivity index (χ1v) is 3.91. The summed E-state index contributed by atoms with van der Waals surface area (Å²) in [5.41, 5.74) is 0.858. The first-order chi connectivity index (χ1) is 6.27. The molecule has 2 nitrogen and oxygen atoms in total. The molecule has 0 atom stereocenters. The number of benzene rings is 1. The van der Waals surface area contributed by atoms with Crippen LogP contribution >= 0.6 is 0 Å². The van der Waals surface area contributed by atoms with E-state index in [2.05, 4.69) is 5.16 Å². The molecule has 13 heavy (non-hydrogen) atoms. The maximum atomic E-state index is 13.1. The minimum absolute atomic E-state index is 0.318. The van der Waals surface area contributed by atoms with Gasteiger partial charge in [-0.05, 0) is 12.1 Å². The summed E-state index contributed by atoms with van der Waals surface area (Å²) in [6.07, 6.45) is 0.572. The van der Waals surface area contributed by atoms with E-state index in [1.807, 2.05) is 0 Å². The smallest absolute Gasteiger partial charge is 0.135 e. The van der Waals surface area contributed by atoms with Crippen LogP contribution in [0, 0.1) is 11.6 Å². The highest BCUT2D eigenvalue weighted by molar-refractivity contribution is 6.01. The van der Waals surface area contributed by atoms with E-state index in [1.54, 1.807) is 0 Å². The van der Waals surface area contributed by atoms with Gasteiger partial charge >= 0.3 is 0 Å². The van der Waals surface area contributed by atoms with E-state index in [0.717, 1.165) is 6.07 Å². The summed E-state index contributed by atoms with van der Waals surface area (Å²) in [7, 11) is 0. The fourth-order valence-corrected chi connectivity index (χ4v) is 1.22. The second-order valence-corrected chi connectivity index (χ2v) is 2.75. The van der Waals surface area contributed by atoms with Gasteiger partial charge in [-0.15, -0.1) is 0 Å². The third-order valence-electron chi connectivity index (χ3n) is 1.85. The maximum absolute atomic E-state index is 13.1. The van der Waals surface area contributed by atoms with E-state index in [1.165, 1.54) is 12.1 Å². The molecular weight excluding hydrogens is 176 g/mol. The number of hydrogen-bond acceptors (Lipinski definition) is 2. The Morgan fingerprint density at radius 1 is 1.31 bits per heavy atom. The molecule has 1 aromatic rings. The molecule has 2 rings (SSSR count). The highest BCUT2D eigenvalue weighted by atomic mass is 19.1. The van der Waals surface area contributed by atoms with E-state index in [0.29, 0.717) is 24.3 Å². The molecule has 1 aliphatic heterocycles. The van der Waals surface area contributed by atoms with Crippen LogP contribution in [0.4, 0.5) is 8.78 Å². The van der Waals surface area contributed by atoms with Crippen LogP contribution in [0.15, 0.2) is 23.4 Å². The molecule has 0 fully saturated rings. The van der Waals surface area contributed by atoms with Gasteiger partial charge in [-0.2, -0.15) is 0 Å². The monoisotopic (exact) mass is 183 g/mol. The Kier molecular flexibility index (Phi) is 1.96. The molecule has 1 heterocycles. The predicted octanol–water partition coefficient (Wildman–Crippen LogP) is 2.09. The van der Waals surface area contributed by atoms with Crippen molar-refractivity contribution in [3.05, 3.63) is 35.4 Å². The minimum atomic E-state index is -0.593. The van der Waals surface area contributed by atoms with Crippen molar-refractivity contribution >= 4 is 5.71 Å². The highest BCUT2D eigenvalue weighted by Crippen LogP contribution is 2.15. The van der Waals surface area contributed by atoms with Gasteiger partial charge in [0.15, 0.2) is 0 Å². The Bertz CT molecular complexity index is 363. The third kappa shape index (κ3) is 1.52. The topological polar surface area (TPSA) is 21.6 Å². The number of rotatable bonds is 1. The van der Waals surface area contributed by atoms with Gasteiger partial charge < -0.3 is 4.84 Å². The van der Waals surface area contributed by atoms with Gasteiger partial charge in [0.25, 0.3) is 0 Å². The number of nitrogens with zero attached hydrogens (tertiary/aromatic N) is 1. The van der Waals surface area contributed by atoms with Gasteiger partial charge in [-0.3, -0.25) is 0 Å². The van der Waals surface area contributed by atoms with Gasteiger partial charge in [0.1, 0.15) is 18.2 Å². The summed E-state index contributed by atoms with van der Waals surface area (Å²) in [4.78, 5) is 4.72. The summed E-state index contributed by atoms with van der Waals surface area (Å²) >= 11 is 0. The van der Waals surface area contributed by atoms with E-state index < -0.39 is 11.6 Å². The molecule has 0 N–H and O–H groups in total. The summed E-state index contributed by atoms with van der Waals surface area (Å²) in [6, 6.07) is 3.42. The Hall–Kier alpha value is -1.45. The lowest BCUT2D eigenvalue weighted by Gasteiger charge is -1.99. The maximum Gasteiger partial charge on any atom is 0.135 e. The highest BCUT2D eigenvalue weighted by Gasteiger charge is 2.14. The second kappa shape index (κ2) is 3.12. The fraction of sp³-hybridized carbons (Fsp3) is 0.222. The zero-order chi connectivity index (χ0) is 9.26. The average molecular weight is 183 g/mol. The van der Waals surface area contributed by atoms with Crippen molar-refractivity contribution in [3.63, 3.8) is 0 Å². The van der Waals surface area contributed by atoms with Crippen molar-refractivity contribution in [3.8, 4) is 0 Å². The van der Waals surface area contributed by atoms with E-state index >= 15 is 0 Å². The molecule has 0 bridgehead atoms. The molecule has 68 valence electrons. The van der Waals surface area contributed by atoms with Crippen LogP contribution in [0.5, 0.6) is 0 Å². The summed E-state index contributed by atoms with van der Waals surface area (Å²) in [6.45, 7) is 0.464. The Balaban J connectivity index is 2.40. The predicted molar refractivity (Wildman–Crippen MR) is 43.5 cm³/mol. The SMILES string of the molecule is Fc1ccc(C2=NOCC2)c(F)c1. The normalized spacial score (nSPS) is 15.4. The van der Waals surface area contributed by atoms with E-state index in [4.69, 9.17) is 4.84 Å². The zero-order valence-corrected chi connectivity index (χ0v) is 6.76. The van der Waals surface area contributed by atoms with Crippen LogP contribution in [-0.4, -0.2) is 12.3 Å². The number of hydrogen-bond donors (Lipinski definition) is 0. The molecule has 0 saturated carbocycles. The molecule has 0 saturated heterocycles. The van der Waals surface area contributed by atoms with Crippen LogP contribution in [0.25, 0.3) is 0 Å².